The third-order valence-corrected chi connectivity index (χ3v) is 5.05. The van der Waals surface area contributed by atoms with Gasteiger partial charge in [0, 0.05) is 17.3 Å². The Kier molecular flexibility index (Phi) is 5.29. The van der Waals surface area contributed by atoms with Crippen LogP contribution in [0.25, 0.3) is 0 Å². The van der Waals surface area contributed by atoms with E-state index in [1.807, 2.05) is 29.0 Å². The van der Waals surface area contributed by atoms with Crippen molar-refractivity contribution in [2.24, 2.45) is 0 Å². The lowest BCUT2D eigenvalue weighted by Crippen LogP contribution is -2.40. The Morgan fingerprint density at radius 1 is 1.17 bits per heavy atom. The quantitative estimate of drug-likeness (QED) is 0.829. The van der Waals surface area contributed by atoms with Crippen LogP contribution < -0.4 is 9.88 Å². The number of anilines is 1. The molecule has 1 heterocycles. The molecule has 1 aromatic heterocycles. The van der Waals surface area contributed by atoms with E-state index in [4.69, 9.17) is 0 Å². The molecule has 0 aliphatic heterocycles. The monoisotopic (exact) mass is 323 g/mol. The van der Waals surface area contributed by atoms with E-state index in [9.17, 15) is 4.79 Å². The first-order valence-corrected chi connectivity index (χ1v) is 9.07. The summed E-state index contributed by atoms with van der Waals surface area (Å²) in [7, 11) is 0. The molecule has 126 valence electrons. The zero-order valence-electron chi connectivity index (χ0n) is 14.7. The molecule has 1 amide bonds. The number of hydrogen-bond donors (Lipinski definition) is 1. The second-order valence-corrected chi connectivity index (χ2v) is 6.82. The second-order valence-electron chi connectivity index (χ2n) is 6.82. The van der Waals surface area contributed by atoms with Gasteiger partial charge in [-0.05, 0) is 55.2 Å². The van der Waals surface area contributed by atoms with Gasteiger partial charge in [-0.1, -0.05) is 32.0 Å². The van der Waals surface area contributed by atoms with Gasteiger partial charge in [0.05, 0.1) is 0 Å². The van der Waals surface area contributed by atoms with Crippen molar-refractivity contribution >= 4 is 11.6 Å². The molecule has 1 atom stereocenters. The average molecular weight is 323 g/mol. The number of rotatable bonds is 5. The molecule has 0 saturated heterocycles. The van der Waals surface area contributed by atoms with E-state index in [0.717, 1.165) is 18.5 Å². The molecule has 24 heavy (non-hydrogen) atoms. The minimum atomic E-state index is 0.0338. The number of nitrogens with one attached hydrogen (secondary N) is 1. The number of aryl methyl sites for hydroxylation is 2. The fourth-order valence-electron chi connectivity index (χ4n) is 3.43. The minimum absolute atomic E-state index is 0.0338. The topological polar surface area (TPSA) is 33.0 Å². The summed E-state index contributed by atoms with van der Waals surface area (Å²) < 4.78 is 2.01. The standard InChI is InChI=1S/C21H26N2O/c1-3-16(2)19-10-6-7-11-20(19)22-21(24)15-23-13-12-17-8-4-5-9-18(17)14-23/h6-7,10-14,16H,3-5,8-9,15H2,1-2H3/p+1/t16-/m1/s1. The number of benzene rings is 1. The van der Waals surface area contributed by atoms with Gasteiger partial charge in [-0.15, -0.1) is 0 Å². The van der Waals surface area contributed by atoms with Crippen LogP contribution in [0, 0.1) is 0 Å². The van der Waals surface area contributed by atoms with Crippen molar-refractivity contribution < 1.29 is 9.36 Å². The molecule has 1 aliphatic rings. The van der Waals surface area contributed by atoms with Crippen molar-refractivity contribution in [3.05, 3.63) is 59.4 Å². The smallest absolute Gasteiger partial charge is 0.290 e. The highest BCUT2D eigenvalue weighted by atomic mass is 16.1. The molecule has 3 rings (SSSR count). The normalized spacial score (nSPS) is 14.8. The number of nitrogens with zero attached hydrogens (tertiary/aromatic N) is 1. The van der Waals surface area contributed by atoms with Gasteiger partial charge in [-0.3, -0.25) is 4.79 Å². The van der Waals surface area contributed by atoms with E-state index in [0.29, 0.717) is 12.5 Å². The second kappa shape index (κ2) is 7.61. The van der Waals surface area contributed by atoms with Crippen LogP contribution in [-0.2, 0) is 24.2 Å². The summed E-state index contributed by atoms with van der Waals surface area (Å²) in [5, 5.41) is 3.09. The zero-order valence-corrected chi connectivity index (χ0v) is 14.7. The molecule has 1 aliphatic carbocycles. The maximum Gasteiger partial charge on any atom is 0.290 e. The Balaban J connectivity index is 1.70. The van der Waals surface area contributed by atoms with Gasteiger partial charge in [-0.25, -0.2) is 0 Å². The van der Waals surface area contributed by atoms with Crippen molar-refractivity contribution in [3.63, 3.8) is 0 Å². The van der Waals surface area contributed by atoms with Crippen molar-refractivity contribution in [2.75, 3.05) is 5.32 Å². The molecule has 3 heteroatoms. The molecular formula is C21H27N2O+. The predicted octanol–water partition coefficient (Wildman–Crippen LogP) is 4.01. The third-order valence-electron chi connectivity index (χ3n) is 5.05. The Morgan fingerprint density at radius 2 is 1.92 bits per heavy atom. The molecule has 0 fully saturated rings. The summed E-state index contributed by atoms with van der Waals surface area (Å²) in [4.78, 5) is 12.5. The number of para-hydroxylation sites is 1. The first-order chi connectivity index (χ1) is 11.7. The van der Waals surface area contributed by atoms with E-state index in [-0.39, 0.29) is 5.91 Å². The van der Waals surface area contributed by atoms with E-state index < -0.39 is 0 Å². The van der Waals surface area contributed by atoms with E-state index in [1.165, 1.54) is 36.0 Å². The van der Waals surface area contributed by atoms with Gasteiger partial charge < -0.3 is 5.32 Å². The van der Waals surface area contributed by atoms with Crippen LogP contribution in [-0.4, -0.2) is 5.91 Å². The minimum Gasteiger partial charge on any atom is -0.320 e. The number of amides is 1. The van der Waals surface area contributed by atoms with Crippen LogP contribution in [0.3, 0.4) is 0 Å². The highest BCUT2D eigenvalue weighted by Gasteiger charge is 2.17. The number of carbonyl (C=O) groups is 1. The number of pyridine rings is 1. The molecule has 3 nitrogen and oxygen atoms in total. The van der Waals surface area contributed by atoms with Crippen molar-refractivity contribution in [1.82, 2.24) is 0 Å². The van der Waals surface area contributed by atoms with E-state index >= 15 is 0 Å². The van der Waals surface area contributed by atoms with Gasteiger partial charge in [0.1, 0.15) is 0 Å². The molecular weight excluding hydrogens is 296 g/mol. The Bertz CT molecular complexity index is 724. The maximum atomic E-state index is 12.5. The number of hydrogen-bond acceptors (Lipinski definition) is 1. The summed E-state index contributed by atoms with van der Waals surface area (Å²) in [5.74, 6) is 0.476. The summed E-state index contributed by atoms with van der Waals surface area (Å²) in [6.45, 7) is 4.73. The van der Waals surface area contributed by atoms with Gasteiger partial charge in [0.25, 0.3) is 5.91 Å². The first kappa shape index (κ1) is 16.7. The highest BCUT2D eigenvalue weighted by Crippen LogP contribution is 2.26. The predicted molar refractivity (Wildman–Crippen MR) is 97.1 cm³/mol. The SMILES string of the molecule is CC[C@@H](C)c1ccccc1NC(=O)C[n+]1ccc2c(c1)CCCC2. The molecule has 0 radical (unpaired) electrons. The van der Waals surface area contributed by atoms with Gasteiger partial charge in [0.15, 0.2) is 12.4 Å². The van der Waals surface area contributed by atoms with Crippen LogP contribution in [0.2, 0.25) is 0 Å². The summed E-state index contributed by atoms with van der Waals surface area (Å²) in [6.07, 6.45) is 10.1. The number of fused-ring (bicyclic) bond motifs is 1. The van der Waals surface area contributed by atoms with E-state index in [1.54, 1.807) is 0 Å². The lowest BCUT2D eigenvalue weighted by Gasteiger charge is -2.15. The van der Waals surface area contributed by atoms with Crippen molar-refractivity contribution in [1.29, 1.82) is 0 Å². The van der Waals surface area contributed by atoms with Crippen LogP contribution in [0.5, 0.6) is 0 Å². The van der Waals surface area contributed by atoms with Crippen LogP contribution in [0.15, 0.2) is 42.7 Å². The summed E-state index contributed by atoms with van der Waals surface area (Å²) in [6, 6.07) is 10.3. The van der Waals surface area contributed by atoms with Crippen LogP contribution in [0.1, 0.15) is 55.7 Å². The lowest BCUT2D eigenvalue weighted by atomic mass is 9.93. The van der Waals surface area contributed by atoms with Gasteiger partial charge in [-0.2, -0.15) is 4.57 Å². The van der Waals surface area contributed by atoms with Crippen molar-refractivity contribution in [3.8, 4) is 0 Å². The maximum absolute atomic E-state index is 12.5. The zero-order chi connectivity index (χ0) is 16.9. The fourth-order valence-corrected chi connectivity index (χ4v) is 3.43. The van der Waals surface area contributed by atoms with Gasteiger partial charge >= 0.3 is 0 Å². The molecule has 0 unspecified atom stereocenters. The first-order valence-electron chi connectivity index (χ1n) is 9.07. The number of aromatic nitrogens is 1. The molecule has 2 aromatic rings. The lowest BCUT2D eigenvalue weighted by molar-refractivity contribution is -0.684. The van der Waals surface area contributed by atoms with Crippen LogP contribution >= 0.6 is 0 Å². The summed E-state index contributed by atoms with van der Waals surface area (Å²) in [5.41, 5.74) is 5.00. The highest BCUT2D eigenvalue weighted by molar-refractivity contribution is 5.90. The van der Waals surface area contributed by atoms with Gasteiger partial charge in [0.2, 0.25) is 6.54 Å². The fraction of sp³-hybridized carbons (Fsp3) is 0.429. The molecule has 1 N–H and O–H groups in total. The Hall–Kier alpha value is -2.16. The summed E-state index contributed by atoms with van der Waals surface area (Å²) >= 11 is 0. The van der Waals surface area contributed by atoms with Crippen molar-refractivity contribution in [2.45, 2.75) is 58.4 Å². The molecule has 0 spiro atoms. The largest absolute Gasteiger partial charge is 0.320 e. The Labute approximate surface area is 144 Å². The Morgan fingerprint density at radius 3 is 2.71 bits per heavy atom. The van der Waals surface area contributed by atoms with Crippen LogP contribution in [0.4, 0.5) is 5.69 Å². The molecule has 1 aromatic carbocycles. The molecule has 0 saturated carbocycles. The average Bonchev–Trinajstić information content (AvgIpc) is 2.61. The third kappa shape index (κ3) is 3.84. The molecule has 0 bridgehead atoms. The van der Waals surface area contributed by atoms with E-state index in [2.05, 4.69) is 37.5 Å². The number of carbonyl (C=O) groups excluding carboxylic acids is 1.